The molecule has 1 rings (SSSR count). The smallest absolute Gasteiger partial charge is 0.313 e. The second kappa shape index (κ2) is 6.02. The Labute approximate surface area is 105 Å². The number of carbonyl (C=O) groups is 1. The molecule has 0 aliphatic heterocycles. The maximum absolute atomic E-state index is 10.6. The van der Waals surface area contributed by atoms with Crippen LogP contribution in [-0.2, 0) is 11.3 Å². The fourth-order valence-corrected chi connectivity index (χ4v) is 2.25. The Balaban J connectivity index is 2.90. The van der Waals surface area contributed by atoms with Gasteiger partial charge in [-0.2, -0.15) is 0 Å². The predicted molar refractivity (Wildman–Crippen MR) is 66.2 cm³/mol. The van der Waals surface area contributed by atoms with Gasteiger partial charge in [-0.3, -0.25) is 4.79 Å². The van der Waals surface area contributed by atoms with E-state index in [-0.39, 0.29) is 11.8 Å². The third-order valence-electron chi connectivity index (χ3n) is 2.03. The van der Waals surface area contributed by atoms with Crippen LogP contribution >= 0.6 is 11.8 Å². The second-order valence-corrected chi connectivity index (χ2v) is 5.23. The number of nitrogens with zero attached hydrogens (tertiary/aromatic N) is 4. The van der Waals surface area contributed by atoms with Crippen molar-refractivity contribution in [3.8, 4) is 0 Å². The first kappa shape index (κ1) is 14.0. The first-order valence-electron chi connectivity index (χ1n) is 5.35. The van der Waals surface area contributed by atoms with Crippen LogP contribution in [0.2, 0.25) is 0 Å². The van der Waals surface area contributed by atoms with Gasteiger partial charge in [-0.05, 0) is 27.9 Å². The van der Waals surface area contributed by atoms with Crippen LogP contribution in [0.15, 0.2) is 5.16 Å². The molecule has 1 aromatic heterocycles. The molecule has 0 atom stereocenters. The molecular formula is C10H18N4O2S. The van der Waals surface area contributed by atoms with Crippen LogP contribution in [0.4, 0.5) is 0 Å². The lowest BCUT2D eigenvalue weighted by Crippen LogP contribution is -2.17. The normalized spacial score (nSPS) is 11.4. The number of carboxylic acids is 1. The predicted octanol–water partition coefficient (Wildman–Crippen LogP) is 1.10. The molecule has 0 radical (unpaired) electrons. The highest BCUT2D eigenvalue weighted by Gasteiger charge is 2.16. The molecule has 7 heteroatoms. The molecular weight excluding hydrogens is 240 g/mol. The molecule has 1 heterocycles. The molecule has 0 aliphatic carbocycles. The van der Waals surface area contributed by atoms with Gasteiger partial charge in [0.1, 0.15) is 5.82 Å². The number of hydrogen-bond donors (Lipinski definition) is 1. The summed E-state index contributed by atoms with van der Waals surface area (Å²) in [5.41, 5.74) is 0. The van der Waals surface area contributed by atoms with Gasteiger partial charge in [0, 0.05) is 6.04 Å². The molecule has 0 aliphatic rings. The van der Waals surface area contributed by atoms with Gasteiger partial charge in [-0.1, -0.05) is 11.8 Å². The minimum atomic E-state index is -0.845. The molecule has 96 valence electrons. The molecule has 0 fully saturated rings. The van der Waals surface area contributed by atoms with E-state index >= 15 is 0 Å². The molecule has 0 spiro atoms. The fourth-order valence-electron chi connectivity index (χ4n) is 1.44. The molecule has 6 nitrogen and oxygen atoms in total. The highest BCUT2D eigenvalue weighted by molar-refractivity contribution is 7.99. The molecule has 0 aromatic carbocycles. The summed E-state index contributed by atoms with van der Waals surface area (Å²) in [5, 5.41) is 17.5. The Bertz CT molecular complexity index is 390. The number of thioether (sulfide) groups is 1. The Kier molecular flexibility index (Phi) is 4.95. The van der Waals surface area contributed by atoms with Crippen molar-refractivity contribution < 1.29 is 9.90 Å². The summed E-state index contributed by atoms with van der Waals surface area (Å²) < 4.78 is 1.98. The molecule has 0 saturated heterocycles. The third-order valence-corrected chi connectivity index (χ3v) is 2.96. The van der Waals surface area contributed by atoms with E-state index in [1.165, 1.54) is 11.8 Å². The Morgan fingerprint density at radius 1 is 1.47 bits per heavy atom. The number of hydrogen-bond acceptors (Lipinski definition) is 5. The zero-order chi connectivity index (χ0) is 13.0. The minimum absolute atomic E-state index is 0.00676. The highest BCUT2D eigenvalue weighted by Crippen LogP contribution is 2.21. The maximum Gasteiger partial charge on any atom is 0.313 e. The van der Waals surface area contributed by atoms with Crippen molar-refractivity contribution in [3.63, 3.8) is 0 Å². The Morgan fingerprint density at radius 3 is 2.59 bits per heavy atom. The van der Waals surface area contributed by atoms with E-state index in [0.29, 0.717) is 11.7 Å². The SMILES string of the molecule is CC(C)n1c(CN(C)C)nnc1SCC(=O)O. The first-order valence-corrected chi connectivity index (χ1v) is 6.33. The van der Waals surface area contributed by atoms with Gasteiger partial charge in [0.2, 0.25) is 0 Å². The molecule has 0 saturated carbocycles. The highest BCUT2D eigenvalue weighted by atomic mass is 32.2. The summed E-state index contributed by atoms with van der Waals surface area (Å²) in [6.45, 7) is 4.76. The average molecular weight is 258 g/mol. The van der Waals surface area contributed by atoms with E-state index in [2.05, 4.69) is 10.2 Å². The number of aliphatic carboxylic acids is 1. The largest absolute Gasteiger partial charge is 0.481 e. The van der Waals surface area contributed by atoms with Crippen LogP contribution in [0.1, 0.15) is 25.7 Å². The van der Waals surface area contributed by atoms with Gasteiger partial charge in [0.25, 0.3) is 0 Å². The standard InChI is InChI=1S/C10H18N4O2S/c1-7(2)14-8(5-13(3)4)11-12-10(14)17-6-9(15)16/h7H,5-6H2,1-4H3,(H,15,16). The summed E-state index contributed by atoms with van der Waals surface area (Å²) in [4.78, 5) is 12.6. The van der Waals surface area contributed by atoms with E-state index in [1.807, 2.05) is 37.4 Å². The van der Waals surface area contributed by atoms with E-state index in [1.54, 1.807) is 0 Å². The summed E-state index contributed by atoms with van der Waals surface area (Å²) in [6.07, 6.45) is 0. The van der Waals surface area contributed by atoms with Crippen molar-refractivity contribution in [2.24, 2.45) is 0 Å². The minimum Gasteiger partial charge on any atom is -0.481 e. The second-order valence-electron chi connectivity index (χ2n) is 4.28. The van der Waals surface area contributed by atoms with Crippen LogP contribution in [0.25, 0.3) is 0 Å². The van der Waals surface area contributed by atoms with Crippen molar-refractivity contribution in [2.75, 3.05) is 19.8 Å². The monoisotopic (exact) mass is 258 g/mol. The van der Waals surface area contributed by atoms with Crippen LogP contribution in [0, 0.1) is 0 Å². The van der Waals surface area contributed by atoms with Gasteiger partial charge in [-0.25, -0.2) is 0 Å². The van der Waals surface area contributed by atoms with Crippen molar-refractivity contribution in [3.05, 3.63) is 5.82 Å². The summed E-state index contributed by atoms with van der Waals surface area (Å²) in [6, 6.07) is 0.219. The summed E-state index contributed by atoms with van der Waals surface area (Å²) >= 11 is 1.20. The quantitative estimate of drug-likeness (QED) is 0.770. The van der Waals surface area contributed by atoms with Crippen molar-refractivity contribution >= 4 is 17.7 Å². The molecule has 1 N–H and O–H groups in total. The van der Waals surface area contributed by atoms with Crippen molar-refractivity contribution in [2.45, 2.75) is 31.6 Å². The average Bonchev–Trinajstić information content (AvgIpc) is 2.56. The maximum atomic E-state index is 10.6. The van der Waals surface area contributed by atoms with Gasteiger partial charge >= 0.3 is 5.97 Å². The molecule has 0 bridgehead atoms. The van der Waals surface area contributed by atoms with Gasteiger partial charge in [-0.15, -0.1) is 10.2 Å². The topological polar surface area (TPSA) is 71.2 Å². The summed E-state index contributed by atoms with van der Waals surface area (Å²) in [5.74, 6) is 0.0210. The Hall–Kier alpha value is -1.08. The number of rotatable bonds is 6. The number of aromatic nitrogens is 3. The lowest BCUT2D eigenvalue weighted by molar-refractivity contribution is -0.133. The fraction of sp³-hybridized carbons (Fsp3) is 0.700. The van der Waals surface area contributed by atoms with Crippen molar-refractivity contribution in [1.29, 1.82) is 0 Å². The Morgan fingerprint density at radius 2 is 2.12 bits per heavy atom. The van der Waals surface area contributed by atoms with E-state index in [0.717, 1.165) is 5.82 Å². The zero-order valence-corrected chi connectivity index (χ0v) is 11.4. The van der Waals surface area contributed by atoms with Crippen LogP contribution in [-0.4, -0.2) is 50.6 Å². The molecule has 0 amide bonds. The lowest BCUT2D eigenvalue weighted by Gasteiger charge is -2.15. The molecule has 1 aromatic rings. The van der Waals surface area contributed by atoms with Crippen LogP contribution < -0.4 is 0 Å². The summed E-state index contributed by atoms with van der Waals surface area (Å²) in [7, 11) is 3.92. The van der Waals surface area contributed by atoms with Gasteiger partial charge in [0.05, 0.1) is 12.3 Å². The van der Waals surface area contributed by atoms with E-state index in [4.69, 9.17) is 5.11 Å². The third kappa shape index (κ3) is 4.01. The van der Waals surface area contributed by atoms with E-state index in [9.17, 15) is 4.79 Å². The molecule has 17 heavy (non-hydrogen) atoms. The van der Waals surface area contributed by atoms with Crippen LogP contribution in [0.5, 0.6) is 0 Å². The molecule has 0 unspecified atom stereocenters. The van der Waals surface area contributed by atoms with E-state index < -0.39 is 5.97 Å². The van der Waals surface area contributed by atoms with Crippen molar-refractivity contribution in [1.82, 2.24) is 19.7 Å². The number of carboxylic acid groups (broad SMARTS) is 1. The van der Waals surface area contributed by atoms with Gasteiger partial charge < -0.3 is 14.6 Å². The first-order chi connectivity index (χ1) is 7.91. The van der Waals surface area contributed by atoms with Gasteiger partial charge in [0.15, 0.2) is 5.16 Å². The lowest BCUT2D eigenvalue weighted by atomic mass is 10.4. The zero-order valence-electron chi connectivity index (χ0n) is 10.5. The van der Waals surface area contributed by atoms with Crippen LogP contribution in [0.3, 0.4) is 0 Å².